The second kappa shape index (κ2) is 7.38. The van der Waals surface area contributed by atoms with Crippen LogP contribution in [-0.2, 0) is 11.2 Å². The van der Waals surface area contributed by atoms with E-state index in [-0.39, 0.29) is 18.0 Å². The van der Waals surface area contributed by atoms with Crippen LogP contribution in [0.25, 0.3) is 10.9 Å². The van der Waals surface area contributed by atoms with Gasteiger partial charge in [-0.3, -0.25) is 14.6 Å². The maximum atomic E-state index is 13.7. The summed E-state index contributed by atoms with van der Waals surface area (Å²) in [6.45, 7) is 2.91. The number of likely N-dealkylation sites (N-methyl/N-ethyl adjacent to an activating group) is 1. The van der Waals surface area contributed by atoms with E-state index in [1.165, 1.54) is 4.90 Å². The smallest absolute Gasteiger partial charge is 0.328 e. The van der Waals surface area contributed by atoms with Gasteiger partial charge in [-0.25, -0.2) is 4.79 Å². The first-order valence-electron chi connectivity index (χ1n) is 10.9. The van der Waals surface area contributed by atoms with Crippen molar-refractivity contribution in [1.82, 2.24) is 19.7 Å². The van der Waals surface area contributed by atoms with Gasteiger partial charge in [0.1, 0.15) is 17.3 Å². The van der Waals surface area contributed by atoms with Gasteiger partial charge in [-0.15, -0.1) is 0 Å². The average Bonchev–Trinajstić information content (AvgIpc) is 3.23. The zero-order valence-corrected chi connectivity index (χ0v) is 18.9. The van der Waals surface area contributed by atoms with Crippen molar-refractivity contribution in [3.05, 3.63) is 65.4 Å². The summed E-state index contributed by atoms with van der Waals surface area (Å²) in [6, 6.07) is 15.3. The molecule has 3 heterocycles. The molecule has 1 aromatic heterocycles. The van der Waals surface area contributed by atoms with Gasteiger partial charge >= 0.3 is 6.03 Å². The number of methoxy groups -OCH3 is 1. The van der Waals surface area contributed by atoms with Crippen molar-refractivity contribution >= 4 is 22.8 Å². The monoisotopic (exact) mass is 432 g/mol. The number of nitrogens with one attached hydrogen (secondary N) is 1. The topological polar surface area (TPSA) is 68.9 Å². The highest BCUT2D eigenvalue weighted by Crippen LogP contribution is 2.48. The molecule has 3 aromatic rings. The van der Waals surface area contributed by atoms with Crippen LogP contribution in [0.2, 0.25) is 0 Å². The molecule has 2 atom stereocenters. The first-order valence-corrected chi connectivity index (χ1v) is 10.9. The minimum absolute atomic E-state index is 0.131. The maximum Gasteiger partial charge on any atom is 0.328 e. The molecule has 0 unspecified atom stereocenters. The van der Waals surface area contributed by atoms with Crippen molar-refractivity contribution in [3.8, 4) is 5.75 Å². The van der Waals surface area contributed by atoms with Gasteiger partial charge in [0.05, 0.1) is 7.11 Å². The predicted molar refractivity (Wildman–Crippen MR) is 123 cm³/mol. The molecule has 7 heteroatoms. The van der Waals surface area contributed by atoms with E-state index in [1.54, 1.807) is 12.0 Å². The number of carbonyl (C=O) groups is 2. The van der Waals surface area contributed by atoms with Gasteiger partial charge in [-0.05, 0) is 50.3 Å². The molecule has 7 nitrogen and oxygen atoms in total. The van der Waals surface area contributed by atoms with E-state index < -0.39 is 5.54 Å². The number of aromatic nitrogens is 1. The molecular weight excluding hydrogens is 404 g/mol. The SMILES string of the molecule is COc1ccc2[nH]c3c(c2c1)C[C@@]1(C)C(=O)N(CCN(C)C)C(=O)N1[C@@H]3c1ccccc1. The van der Waals surface area contributed by atoms with Crippen LogP contribution in [0.1, 0.15) is 29.8 Å². The molecule has 1 N–H and O–H groups in total. The van der Waals surface area contributed by atoms with Gasteiger partial charge in [0.15, 0.2) is 0 Å². The number of nitrogens with zero attached hydrogens (tertiary/aromatic N) is 3. The van der Waals surface area contributed by atoms with Crippen molar-refractivity contribution in [1.29, 1.82) is 0 Å². The number of ether oxygens (including phenoxy) is 1. The molecule has 2 aromatic carbocycles. The summed E-state index contributed by atoms with van der Waals surface area (Å²) in [7, 11) is 5.53. The Balaban J connectivity index is 1.70. The molecule has 3 amide bonds. The Kier molecular flexibility index (Phi) is 4.74. The summed E-state index contributed by atoms with van der Waals surface area (Å²) >= 11 is 0. The number of imide groups is 1. The van der Waals surface area contributed by atoms with E-state index in [0.717, 1.165) is 33.5 Å². The van der Waals surface area contributed by atoms with Crippen molar-refractivity contribution < 1.29 is 14.3 Å². The Morgan fingerprint density at radius 2 is 1.91 bits per heavy atom. The van der Waals surface area contributed by atoms with Crippen LogP contribution < -0.4 is 4.74 Å². The third-order valence-corrected chi connectivity index (χ3v) is 6.76. The standard InChI is InChI=1S/C25H28N4O3/c1-25-15-19-18-14-17(32-4)10-11-20(18)26-21(19)22(16-8-6-5-7-9-16)29(25)24(31)28(23(25)30)13-12-27(2)3/h5-11,14,22,26H,12-13,15H2,1-4H3/t22-,25+/m1/s1. The van der Waals surface area contributed by atoms with Crippen LogP contribution in [0.15, 0.2) is 48.5 Å². The Bertz CT molecular complexity index is 1200. The number of amides is 3. The third kappa shape index (κ3) is 2.92. The Labute approximate surface area is 187 Å². The molecule has 1 fully saturated rings. The second-order valence-corrected chi connectivity index (χ2v) is 9.11. The number of hydrogen-bond donors (Lipinski definition) is 1. The molecule has 0 bridgehead atoms. The third-order valence-electron chi connectivity index (χ3n) is 6.76. The number of urea groups is 1. The number of aromatic amines is 1. The molecular formula is C25H28N4O3. The van der Waals surface area contributed by atoms with Crippen molar-refractivity contribution in [2.75, 3.05) is 34.3 Å². The first kappa shape index (κ1) is 20.6. The minimum atomic E-state index is -0.949. The van der Waals surface area contributed by atoms with Crippen LogP contribution in [-0.4, -0.2) is 71.5 Å². The number of benzene rings is 2. The van der Waals surface area contributed by atoms with Gasteiger partial charge < -0.3 is 14.6 Å². The lowest BCUT2D eigenvalue weighted by atomic mass is 9.81. The Morgan fingerprint density at radius 1 is 1.16 bits per heavy atom. The normalized spacial score (nSPS) is 22.6. The summed E-state index contributed by atoms with van der Waals surface area (Å²) in [5.74, 6) is 0.637. The summed E-state index contributed by atoms with van der Waals surface area (Å²) < 4.78 is 5.46. The molecule has 2 aliphatic heterocycles. The number of carbonyl (C=O) groups excluding carboxylic acids is 2. The molecule has 166 valence electrons. The quantitative estimate of drug-likeness (QED) is 0.628. The molecule has 32 heavy (non-hydrogen) atoms. The molecule has 5 rings (SSSR count). The van der Waals surface area contributed by atoms with Crippen molar-refractivity contribution in [2.24, 2.45) is 0 Å². The highest BCUT2D eigenvalue weighted by atomic mass is 16.5. The van der Waals surface area contributed by atoms with Gasteiger partial charge in [0.2, 0.25) is 0 Å². The second-order valence-electron chi connectivity index (χ2n) is 9.11. The fraction of sp³-hybridized carbons (Fsp3) is 0.360. The predicted octanol–water partition coefficient (Wildman–Crippen LogP) is 3.41. The summed E-state index contributed by atoms with van der Waals surface area (Å²) in [5, 5.41) is 1.04. The number of hydrogen-bond acceptors (Lipinski definition) is 4. The largest absolute Gasteiger partial charge is 0.497 e. The number of fused-ring (bicyclic) bond motifs is 4. The summed E-state index contributed by atoms with van der Waals surface area (Å²) in [6.07, 6.45) is 0.460. The van der Waals surface area contributed by atoms with Crippen LogP contribution in [0.3, 0.4) is 0 Å². The van der Waals surface area contributed by atoms with Crippen LogP contribution in [0.4, 0.5) is 4.79 Å². The number of H-pyrrole nitrogens is 1. The molecule has 0 saturated carbocycles. The van der Waals surface area contributed by atoms with E-state index in [9.17, 15) is 9.59 Å². The molecule has 1 saturated heterocycles. The Morgan fingerprint density at radius 3 is 2.59 bits per heavy atom. The molecule has 0 aliphatic carbocycles. The number of rotatable bonds is 5. The maximum absolute atomic E-state index is 13.7. The summed E-state index contributed by atoms with van der Waals surface area (Å²) in [4.78, 5) is 36.1. The fourth-order valence-electron chi connectivity index (χ4n) is 5.10. The highest BCUT2D eigenvalue weighted by molar-refractivity contribution is 6.08. The van der Waals surface area contributed by atoms with Gasteiger partial charge in [0, 0.05) is 36.1 Å². The minimum Gasteiger partial charge on any atom is -0.497 e. The van der Waals surface area contributed by atoms with Gasteiger partial charge in [-0.1, -0.05) is 30.3 Å². The molecule has 0 spiro atoms. The van der Waals surface area contributed by atoms with Crippen molar-refractivity contribution in [2.45, 2.75) is 24.9 Å². The average molecular weight is 433 g/mol. The zero-order chi connectivity index (χ0) is 22.6. The Hall–Kier alpha value is -3.32. The molecule has 0 radical (unpaired) electrons. The van der Waals surface area contributed by atoms with Crippen LogP contribution in [0, 0.1) is 0 Å². The van der Waals surface area contributed by atoms with E-state index in [2.05, 4.69) is 4.98 Å². The van der Waals surface area contributed by atoms with Crippen LogP contribution >= 0.6 is 0 Å². The first-order chi connectivity index (χ1) is 15.3. The molecule has 2 aliphatic rings. The van der Waals surface area contributed by atoms with E-state index in [1.807, 2.05) is 74.4 Å². The lowest BCUT2D eigenvalue weighted by molar-refractivity contribution is -0.133. The van der Waals surface area contributed by atoms with E-state index in [4.69, 9.17) is 4.74 Å². The lowest BCUT2D eigenvalue weighted by Gasteiger charge is -2.42. The van der Waals surface area contributed by atoms with E-state index >= 15 is 0 Å². The van der Waals surface area contributed by atoms with Crippen molar-refractivity contribution in [3.63, 3.8) is 0 Å². The van der Waals surface area contributed by atoms with E-state index in [0.29, 0.717) is 19.5 Å². The fourth-order valence-corrected chi connectivity index (χ4v) is 5.10. The lowest BCUT2D eigenvalue weighted by Crippen LogP contribution is -2.53. The zero-order valence-electron chi connectivity index (χ0n) is 18.9. The highest BCUT2D eigenvalue weighted by Gasteiger charge is 2.60. The van der Waals surface area contributed by atoms with Gasteiger partial charge in [-0.2, -0.15) is 0 Å². The van der Waals surface area contributed by atoms with Crippen LogP contribution in [0.5, 0.6) is 5.75 Å². The summed E-state index contributed by atoms with van der Waals surface area (Å²) in [5.41, 5.74) is 3.05. The van der Waals surface area contributed by atoms with Gasteiger partial charge in [0.25, 0.3) is 5.91 Å².